The Labute approximate surface area is 136 Å². The molecule has 122 valence electrons. The maximum Gasteiger partial charge on any atom is 0.410 e. The highest BCUT2D eigenvalue weighted by Crippen LogP contribution is 2.26. The van der Waals surface area contributed by atoms with E-state index < -0.39 is 17.2 Å². The molecule has 1 amide bonds. The highest BCUT2D eigenvalue weighted by molar-refractivity contribution is 9.10. The van der Waals surface area contributed by atoms with Crippen molar-refractivity contribution < 1.29 is 23.0 Å². The highest BCUT2D eigenvalue weighted by Gasteiger charge is 2.34. The number of nitrogens with zero attached hydrogens (tertiary/aromatic N) is 1. The van der Waals surface area contributed by atoms with Gasteiger partial charge >= 0.3 is 6.09 Å². The standard InChI is InChI=1S/C15H18BrF2NO3/c1-15(2,3)22-14(20)19-6-9(7-19)8-21-10-4-11(17)13(16)12(18)5-10/h4-5,9H,6-8H2,1-3H3. The molecule has 1 fully saturated rings. The van der Waals surface area contributed by atoms with Crippen molar-refractivity contribution in [3.05, 3.63) is 28.2 Å². The maximum absolute atomic E-state index is 13.3. The summed E-state index contributed by atoms with van der Waals surface area (Å²) in [6.07, 6.45) is -0.357. The van der Waals surface area contributed by atoms with Crippen LogP contribution in [0.25, 0.3) is 0 Å². The molecule has 2 rings (SSSR count). The first-order chi connectivity index (χ1) is 10.2. The van der Waals surface area contributed by atoms with Gasteiger partial charge in [-0.05, 0) is 36.7 Å². The fourth-order valence-corrected chi connectivity index (χ4v) is 2.21. The van der Waals surface area contributed by atoms with E-state index >= 15 is 0 Å². The molecule has 1 aliphatic rings. The fraction of sp³-hybridized carbons (Fsp3) is 0.533. The number of hydrogen-bond donors (Lipinski definition) is 0. The van der Waals surface area contributed by atoms with Crippen LogP contribution >= 0.6 is 15.9 Å². The van der Waals surface area contributed by atoms with E-state index in [0.717, 1.165) is 12.1 Å². The lowest BCUT2D eigenvalue weighted by molar-refractivity contribution is -0.00783. The van der Waals surface area contributed by atoms with Gasteiger partial charge < -0.3 is 14.4 Å². The molecule has 22 heavy (non-hydrogen) atoms. The van der Waals surface area contributed by atoms with E-state index in [0.29, 0.717) is 19.7 Å². The fourth-order valence-electron chi connectivity index (χ4n) is 1.98. The molecule has 0 aliphatic carbocycles. The molecule has 0 saturated carbocycles. The molecular weight excluding hydrogens is 360 g/mol. The van der Waals surface area contributed by atoms with Crippen LogP contribution in [0.1, 0.15) is 20.8 Å². The lowest BCUT2D eigenvalue weighted by Gasteiger charge is -2.39. The molecule has 1 aromatic rings. The summed E-state index contributed by atoms with van der Waals surface area (Å²) in [5.41, 5.74) is -0.523. The Morgan fingerprint density at radius 3 is 2.36 bits per heavy atom. The molecule has 0 radical (unpaired) electrons. The molecule has 7 heteroatoms. The predicted molar refractivity (Wildman–Crippen MR) is 80.9 cm³/mol. The van der Waals surface area contributed by atoms with E-state index in [1.165, 1.54) is 0 Å². The van der Waals surface area contributed by atoms with Crippen molar-refractivity contribution in [2.24, 2.45) is 5.92 Å². The summed E-state index contributed by atoms with van der Waals surface area (Å²) < 4.78 is 37.1. The summed E-state index contributed by atoms with van der Waals surface area (Å²) in [5.74, 6) is -1.16. The van der Waals surface area contributed by atoms with Gasteiger partial charge in [0.2, 0.25) is 0 Å². The first kappa shape index (κ1) is 17.0. The molecule has 1 aromatic carbocycles. The molecule has 1 heterocycles. The number of amides is 1. The van der Waals surface area contributed by atoms with Crippen molar-refractivity contribution in [1.29, 1.82) is 0 Å². The molecule has 0 aromatic heterocycles. The first-order valence-electron chi connectivity index (χ1n) is 6.91. The van der Waals surface area contributed by atoms with Crippen molar-refractivity contribution in [3.63, 3.8) is 0 Å². The van der Waals surface area contributed by atoms with Gasteiger partial charge in [-0.2, -0.15) is 0 Å². The molecule has 0 spiro atoms. The smallest absolute Gasteiger partial charge is 0.410 e. The Morgan fingerprint density at radius 1 is 1.32 bits per heavy atom. The van der Waals surface area contributed by atoms with Crippen LogP contribution in [-0.2, 0) is 4.74 Å². The van der Waals surface area contributed by atoms with E-state index in [1.807, 2.05) is 20.8 Å². The highest BCUT2D eigenvalue weighted by atomic mass is 79.9. The van der Waals surface area contributed by atoms with Gasteiger partial charge in [0.1, 0.15) is 23.0 Å². The van der Waals surface area contributed by atoms with Gasteiger partial charge in [0, 0.05) is 31.1 Å². The molecule has 0 bridgehead atoms. The second-order valence-electron chi connectivity index (χ2n) is 6.26. The third-order valence-electron chi connectivity index (χ3n) is 3.05. The van der Waals surface area contributed by atoms with Crippen LogP contribution < -0.4 is 4.74 Å². The number of rotatable bonds is 3. The lowest BCUT2D eigenvalue weighted by atomic mass is 10.0. The summed E-state index contributed by atoms with van der Waals surface area (Å²) in [6, 6.07) is 2.24. The Morgan fingerprint density at radius 2 is 1.86 bits per heavy atom. The first-order valence-corrected chi connectivity index (χ1v) is 7.70. The molecule has 4 nitrogen and oxygen atoms in total. The minimum Gasteiger partial charge on any atom is -0.493 e. The number of carbonyl (C=O) groups is 1. The summed E-state index contributed by atoms with van der Waals surface area (Å²) in [4.78, 5) is 13.3. The van der Waals surface area contributed by atoms with Gasteiger partial charge in [0.05, 0.1) is 11.1 Å². The van der Waals surface area contributed by atoms with Gasteiger partial charge in [-0.15, -0.1) is 0 Å². The van der Waals surface area contributed by atoms with Crippen molar-refractivity contribution in [2.45, 2.75) is 26.4 Å². The molecule has 0 unspecified atom stereocenters. The summed E-state index contributed by atoms with van der Waals surface area (Å²) in [7, 11) is 0. The number of carbonyl (C=O) groups excluding carboxylic acids is 1. The SMILES string of the molecule is CC(C)(C)OC(=O)N1CC(COc2cc(F)c(Br)c(F)c2)C1. The quantitative estimate of drug-likeness (QED) is 0.748. The van der Waals surface area contributed by atoms with Crippen LogP contribution in [0.4, 0.5) is 13.6 Å². The van der Waals surface area contributed by atoms with Crippen molar-refractivity contribution in [3.8, 4) is 5.75 Å². The Hall–Kier alpha value is -1.37. The van der Waals surface area contributed by atoms with Crippen LogP contribution in [-0.4, -0.2) is 36.3 Å². The van der Waals surface area contributed by atoms with Crippen LogP contribution in [0, 0.1) is 17.6 Å². The van der Waals surface area contributed by atoms with Gasteiger partial charge in [-0.3, -0.25) is 0 Å². The third-order valence-corrected chi connectivity index (χ3v) is 3.81. The number of likely N-dealkylation sites (tertiary alicyclic amines) is 1. The van der Waals surface area contributed by atoms with Crippen LogP contribution in [0.5, 0.6) is 5.75 Å². The van der Waals surface area contributed by atoms with E-state index in [9.17, 15) is 13.6 Å². The van der Waals surface area contributed by atoms with Gasteiger partial charge in [-0.25, -0.2) is 13.6 Å². The topological polar surface area (TPSA) is 38.8 Å². The van der Waals surface area contributed by atoms with Gasteiger partial charge in [0.15, 0.2) is 0 Å². The number of halogens is 3. The zero-order valence-electron chi connectivity index (χ0n) is 12.7. The summed E-state index contributed by atoms with van der Waals surface area (Å²) in [5, 5.41) is 0. The van der Waals surface area contributed by atoms with E-state index in [2.05, 4.69) is 15.9 Å². The Kier molecular flexibility index (Phi) is 4.94. The lowest BCUT2D eigenvalue weighted by Crippen LogP contribution is -2.53. The average molecular weight is 378 g/mol. The minimum atomic E-state index is -0.709. The monoisotopic (exact) mass is 377 g/mol. The summed E-state index contributed by atoms with van der Waals surface area (Å²) in [6.45, 7) is 6.73. The molecule has 0 N–H and O–H groups in total. The minimum absolute atomic E-state index is 0.127. The van der Waals surface area contributed by atoms with E-state index in [1.54, 1.807) is 4.90 Å². The van der Waals surface area contributed by atoms with Gasteiger partial charge in [0.25, 0.3) is 0 Å². The van der Waals surface area contributed by atoms with Crippen molar-refractivity contribution in [2.75, 3.05) is 19.7 Å². The zero-order valence-corrected chi connectivity index (χ0v) is 14.2. The van der Waals surface area contributed by atoms with Crippen LogP contribution in [0.3, 0.4) is 0 Å². The molecular formula is C15H18BrF2NO3. The largest absolute Gasteiger partial charge is 0.493 e. The van der Waals surface area contributed by atoms with Crippen molar-refractivity contribution in [1.82, 2.24) is 4.90 Å². The normalized spacial score (nSPS) is 15.5. The Bertz CT molecular complexity index is 545. The maximum atomic E-state index is 13.3. The second-order valence-corrected chi connectivity index (χ2v) is 7.06. The molecule has 1 saturated heterocycles. The average Bonchev–Trinajstić information content (AvgIpc) is 2.31. The predicted octanol–water partition coefficient (Wildman–Crippen LogP) is 3.97. The van der Waals surface area contributed by atoms with E-state index in [-0.39, 0.29) is 22.2 Å². The number of hydrogen-bond acceptors (Lipinski definition) is 3. The summed E-state index contributed by atoms with van der Waals surface area (Å²) >= 11 is 2.80. The van der Waals surface area contributed by atoms with Crippen LogP contribution in [0.2, 0.25) is 0 Å². The molecule has 0 atom stereocenters. The zero-order chi connectivity index (χ0) is 16.5. The van der Waals surface area contributed by atoms with Crippen molar-refractivity contribution >= 4 is 22.0 Å². The third kappa shape index (κ3) is 4.32. The number of ether oxygens (including phenoxy) is 2. The van der Waals surface area contributed by atoms with Crippen LogP contribution in [0.15, 0.2) is 16.6 Å². The number of benzene rings is 1. The van der Waals surface area contributed by atoms with E-state index in [4.69, 9.17) is 9.47 Å². The second kappa shape index (κ2) is 6.40. The van der Waals surface area contributed by atoms with Gasteiger partial charge in [-0.1, -0.05) is 0 Å². The molecule has 1 aliphatic heterocycles. The Balaban J connectivity index is 1.78.